The number of rotatable bonds is 5. The van der Waals surface area contributed by atoms with Crippen LogP contribution in [0.3, 0.4) is 0 Å². The molecule has 0 spiro atoms. The first-order valence-corrected chi connectivity index (χ1v) is 8.95. The third-order valence-electron chi connectivity index (χ3n) is 3.36. The standard InChI is InChI=1S/C18H20IN3O/c1-13(23)22-16-12-21-18(20-2)15(10-11-19)17(16)14-8-6-4-3-5-7-9-14/h3-9,12H,10-11H2,1-2H3,(H,20,21)(H,22,23)/b4-3-,5-3?,6-4?,7-5-,8-6-,9-7?,14-8?,14-9+. The van der Waals surface area contributed by atoms with Gasteiger partial charge in [0.2, 0.25) is 5.91 Å². The molecule has 0 atom stereocenters. The number of pyridine rings is 1. The number of nitrogens with zero attached hydrogens (tertiary/aromatic N) is 1. The summed E-state index contributed by atoms with van der Waals surface area (Å²) < 4.78 is 0.970. The van der Waals surface area contributed by atoms with Crippen LogP contribution in [0.15, 0.2) is 48.7 Å². The van der Waals surface area contributed by atoms with Gasteiger partial charge in [0.05, 0.1) is 11.9 Å². The Morgan fingerprint density at radius 2 is 1.96 bits per heavy atom. The Hall–Kier alpha value is -1.89. The molecule has 0 bridgehead atoms. The minimum absolute atomic E-state index is 0.100. The summed E-state index contributed by atoms with van der Waals surface area (Å²) in [5.41, 5.74) is 3.92. The first-order chi connectivity index (χ1) is 11.2. The maximum absolute atomic E-state index is 11.6. The van der Waals surface area contributed by atoms with E-state index in [2.05, 4.69) is 50.4 Å². The van der Waals surface area contributed by atoms with Gasteiger partial charge in [-0.15, -0.1) is 0 Å². The molecule has 0 radical (unpaired) electrons. The molecule has 120 valence electrons. The van der Waals surface area contributed by atoms with Crippen molar-refractivity contribution in [1.82, 2.24) is 4.98 Å². The molecule has 0 fully saturated rings. The number of halogens is 1. The quantitative estimate of drug-likeness (QED) is 0.556. The fourth-order valence-corrected chi connectivity index (χ4v) is 2.99. The van der Waals surface area contributed by atoms with Gasteiger partial charge in [-0.1, -0.05) is 65.1 Å². The van der Waals surface area contributed by atoms with Crippen LogP contribution in [-0.2, 0) is 11.2 Å². The average molecular weight is 421 g/mol. The minimum atomic E-state index is -0.100. The van der Waals surface area contributed by atoms with Gasteiger partial charge in [0.25, 0.3) is 0 Å². The van der Waals surface area contributed by atoms with Crippen LogP contribution in [-0.4, -0.2) is 22.4 Å². The zero-order chi connectivity index (χ0) is 16.7. The molecule has 0 aliphatic heterocycles. The molecule has 23 heavy (non-hydrogen) atoms. The zero-order valence-electron chi connectivity index (χ0n) is 13.3. The van der Waals surface area contributed by atoms with Crippen molar-refractivity contribution in [3.05, 3.63) is 59.9 Å². The van der Waals surface area contributed by atoms with Crippen molar-refractivity contribution in [1.29, 1.82) is 0 Å². The van der Waals surface area contributed by atoms with E-state index in [1.54, 1.807) is 6.20 Å². The predicted octanol–water partition coefficient (Wildman–Crippen LogP) is 4.12. The van der Waals surface area contributed by atoms with Gasteiger partial charge in [-0.2, -0.15) is 0 Å². The average Bonchev–Trinajstić information content (AvgIpc) is 2.48. The van der Waals surface area contributed by atoms with E-state index in [0.717, 1.165) is 39.1 Å². The van der Waals surface area contributed by atoms with Gasteiger partial charge < -0.3 is 10.6 Å². The van der Waals surface area contributed by atoms with E-state index in [1.165, 1.54) is 6.92 Å². The highest BCUT2D eigenvalue weighted by Crippen LogP contribution is 2.33. The number of carbonyl (C=O) groups excluding carboxylic acids is 1. The molecule has 1 aliphatic carbocycles. The molecule has 1 aliphatic rings. The lowest BCUT2D eigenvalue weighted by Gasteiger charge is -2.18. The summed E-state index contributed by atoms with van der Waals surface area (Å²) in [6.45, 7) is 1.51. The third kappa shape index (κ3) is 4.54. The Morgan fingerprint density at radius 3 is 2.65 bits per heavy atom. The van der Waals surface area contributed by atoms with Crippen molar-refractivity contribution in [2.75, 3.05) is 22.1 Å². The van der Waals surface area contributed by atoms with Crippen molar-refractivity contribution < 1.29 is 4.79 Å². The summed E-state index contributed by atoms with van der Waals surface area (Å²) in [6, 6.07) is 0. The highest BCUT2D eigenvalue weighted by Gasteiger charge is 2.17. The Morgan fingerprint density at radius 1 is 1.22 bits per heavy atom. The van der Waals surface area contributed by atoms with Crippen LogP contribution in [0, 0.1) is 0 Å². The molecule has 2 rings (SSSR count). The van der Waals surface area contributed by atoms with Crippen molar-refractivity contribution in [2.45, 2.75) is 13.3 Å². The predicted molar refractivity (Wildman–Crippen MR) is 106 cm³/mol. The maximum Gasteiger partial charge on any atom is 0.221 e. The van der Waals surface area contributed by atoms with E-state index in [4.69, 9.17) is 0 Å². The van der Waals surface area contributed by atoms with Gasteiger partial charge >= 0.3 is 0 Å². The Labute approximate surface area is 150 Å². The lowest BCUT2D eigenvalue weighted by atomic mass is 9.95. The highest BCUT2D eigenvalue weighted by molar-refractivity contribution is 14.1. The maximum atomic E-state index is 11.6. The minimum Gasteiger partial charge on any atom is -0.373 e. The molecule has 0 aromatic carbocycles. The van der Waals surface area contributed by atoms with Crippen LogP contribution in [0.4, 0.5) is 11.5 Å². The monoisotopic (exact) mass is 421 g/mol. The molecule has 0 saturated carbocycles. The van der Waals surface area contributed by atoms with Gasteiger partial charge in [-0.3, -0.25) is 4.79 Å². The van der Waals surface area contributed by atoms with E-state index >= 15 is 0 Å². The van der Waals surface area contributed by atoms with E-state index < -0.39 is 0 Å². The molecule has 1 heterocycles. The van der Waals surface area contributed by atoms with Crippen LogP contribution in [0.5, 0.6) is 0 Å². The van der Waals surface area contributed by atoms with Crippen molar-refractivity contribution >= 4 is 45.6 Å². The number of amides is 1. The first-order valence-electron chi connectivity index (χ1n) is 7.42. The highest BCUT2D eigenvalue weighted by atomic mass is 127. The van der Waals surface area contributed by atoms with Gasteiger partial charge in [-0.25, -0.2) is 4.98 Å². The van der Waals surface area contributed by atoms with Crippen molar-refractivity contribution in [2.24, 2.45) is 0 Å². The second kappa shape index (κ2) is 8.67. The molecule has 1 amide bonds. The SMILES string of the molecule is CNc1ncc(NC(C)=O)c(C2=C/C=C\C=C/C=C\2)c1CCI. The van der Waals surface area contributed by atoms with E-state index in [9.17, 15) is 4.79 Å². The number of anilines is 2. The van der Waals surface area contributed by atoms with Gasteiger partial charge in [0, 0.05) is 29.5 Å². The molecular weight excluding hydrogens is 401 g/mol. The number of hydrogen-bond acceptors (Lipinski definition) is 3. The number of hydrogen-bond donors (Lipinski definition) is 2. The summed E-state index contributed by atoms with van der Waals surface area (Å²) >= 11 is 2.36. The zero-order valence-corrected chi connectivity index (χ0v) is 15.4. The van der Waals surface area contributed by atoms with Crippen molar-refractivity contribution in [3.8, 4) is 0 Å². The first kappa shape index (κ1) is 17.5. The fraction of sp³-hybridized carbons (Fsp3) is 0.222. The molecular formula is C18H20IN3O. The third-order valence-corrected chi connectivity index (χ3v) is 3.90. The lowest BCUT2D eigenvalue weighted by molar-refractivity contribution is -0.114. The number of carbonyl (C=O) groups is 1. The topological polar surface area (TPSA) is 54.0 Å². The smallest absolute Gasteiger partial charge is 0.221 e. The van der Waals surface area contributed by atoms with E-state index in [-0.39, 0.29) is 5.91 Å². The summed E-state index contributed by atoms with van der Waals surface area (Å²) in [5.74, 6) is 0.748. The number of aromatic nitrogens is 1. The van der Waals surface area contributed by atoms with E-state index in [0.29, 0.717) is 0 Å². The van der Waals surface area contributed by atoms with Crippen LogP contribution in [0.25, 0.3) is 5.57 Å². The number of nitrogens with one attached hydrogen (secondary N) is 2. The summed E-state index contributed by atoms with van der Waals surface area (Å²) in [4.78, 5) is 16.0. The molecule has 1 aromatic rings. The molecule has 4 nitrogen and oxygen atoms in total. The van der Waals surface area contributed by atoms with Crippen LogP contribution in [0.2, 0.25) is 0 Å². The molecule has 2 N–H and O–H groups in total. The van der Waals surface area contributed by atoms with E-state index in [1.807, 2.05) is 37.4 Å². The van der Waals surface area contributed by atoms with Crippen LogP contribution < -0.4 is 10.6 Å². The van der Waals surface area contributed by atoms with Gasteiger partial charge in [0.15, 0.2) is 0 Å². The Kier molecular flexibility index (Phi) is 6.58. The molecule has 1 aromatic heterocycles. The lowest BCUT2D eigenvalue weighted by Crippen LogP contribution is -2.12. The fourth-order valence-electron chi connectivity index (χ4n) is 2.45. The summed E-state index contributed by atoms with van der Waals surface area (Å²) in [5, 5.41) is 6.07. The largest absolute Gasteiger partial charge is 0.373 e. The number of allylic oxidation sites excluding steroid dienone is 8. The Bertz CT molecular complexity index is 702. The van der Waals surface area contributed by atoms with Gasteiger partial charge in [-0.05, 0) is 12.0 Å². The van der Waals surface area contributed by atoms with Crippen LogP contribution >= 0.6 is 22.6 Å². The van der Waals surface area contributed by atoms with Crippen molar-refractivity contribution in [3.63, 3.8) is 0 Å². The normalized spacial score (nSPS) is 19.7. The van der Waals surface area contributed by atoms with Crippen LogP contribution in [0.1, 0.15) is 18.1 Å². The number of alkyl halides is 1. The second-order valence-electron chi connectivity index (χ2n) is 5.00. The molecule has 0 saturated heterocycles. The summed E-state index contributed by atoms with van der Waals surface area (Å²) in [6.07, 6.45) is 16.6. The van der Waals surface area contributed by atoms with Gasteiger partial charge in [0.1, 0.15) is 5.82 Å². The summed E-state index contributed by atoms with van der Waals surface area (Å²) in [7, 11) is 1.87. The molecule has 5 heteroatoms. The molecule has 0 unspecified atom stereocenters. The Balaban J connectivity index is 2.66. The second-order valence-corrected chi connectivity index (χ2v) is 6.07.